The molecule has 0 unspecified atom stereocenters. The number of nitrogen functional groups attached to an aromatic ring is 1. The number of aromatic nitrogens is 3. The van der Waals surface area contributed by atoms with Gasteiger partial charge in [-0.1, -0.05) is 0 Å². The molecule has 2 aromatic rings. The lowest BCUT2D eigenvalue weighted by molar-refractivity contribution is -0.385. The second-order valence-corrected chi connectivity index (χ2v) is 4.42. The van der Waals surface area contributed by atoms with Crippen molar-refractivity contribution in [3.05, 3.63) is 45.9 Å². The maximum atomic E-state index is 11.2. The third-order valence-corrected chi connectivity index (χ3v) is 2.88. The van der Waals surface area contributed by atoms with Gasteiger partial charge in [0.2, 0.25) is 11.8 Å². The van der Waals surface area contributed by atoms with E-state index in [0.29, 0.717) is 6.54 Å². The van der Waals surface area contributed by atoms with Gasteiger partial charge in [0.05, 0.1) is 4.92 Å². The minimum atomic E-state index is -0.492. The fourth-order valence-corrected chi connectivity index (χ4v) is 1.93. The zero-order valence-electron chi connectivity index (χ0n) is 11.6. The fourth-order valence-electron chi connectivity index (χ4n) is 1.93. The lowest BCUT2D eigenvalue weighted by Crippen LogP contribution is -2.22. The van der Waals surface area contributed by atoms with Gasteiger partial charge in [0, 0.05) is 26.0 Å². The normalized spacial score (nSPS) is 10.2. The number of aryl methyl sites for hydroxylation is 1. The van der Waals surface area contributed by atoms with Crippen LogP contribution in [0.4, 0.5) is 17.5 Å². The van der Waals surface area contributed by atoms with Crippen molar-refractivity contribution in [3.63, 3.8) is 0 Å². The van der Waals surface area contributed by atoms with E-state index < -0.39 is 4.92 Å². The van der Waals surface area contributed by atoms with Gasteiger partial charge in [-0.05, 0) is 24.6 Å². The highest BCUT2D eigenvalue weighted by atomic mass is 16.6. The summed E-state index contributed by atoms with van der Waals surface area (Å²) in [4.78, 5) is 24.4. The largest absolute Gasteiger partial charge is 0.349 e. The number of hydrazine groups is 1. The van der Waals surface area contributed by atoms with E-state index in [1.54, 1.807) is 31.3 Å². The van der Waals surface area contributed by atoms with Crippen molar-refractivity contribution >= 4 is 17.5 Å². The molecule has 0 spiro atoms. The molecule has 2 aromatic heterocycles. The van der Waals surface area contributed by atoms with E-state index in [2.05, 4.69) is 20.4 Å². The molecule has 3 N–H and O–H groups in total. The van der Waals surface area contributed by atoms with E-state index in [9.17, 15) is 10.1 Å². The van der Waals surface area contributed by atoms with Crippen molar-refractivity contribution in [1.82, 2.24) is 15.0 Å². The first-order valence-corrected chi connectivity index (χ1v) is 6.12. The van der Waals surface area contributed by atoms with Crippen molar-refractivity contribution in [2.75, 3.05) is 17.4 Å². The van der Waals surface area contributed by atoms with Gasteiger partial charge in [0.15, 0.2) is 0 Å². The van der Waals surface area contributed by atoms with Gasteiger partial charge >= 0.3 is 5.69 Å². The zero-order chi connectivity index (χ0) is 15.4. The Hall–Kier alpha value is -2.81. The maximum Gasteiger partial charge on any atom is 0.332 e. The molecule has 0 aliphatic heterocycles. The van der Waals surface area contributed by atoms with Crippen molar-refractivity contribution in [2.24, 2.45) is 5.84 Å². The topological polar surface area (TPSA) is 123 Å². The predicted octanol–water partition coefficient (Wildman–Crippen LogP) is 1.01. The summed E-state index contributed by atoms with van der Waals surface area (Å²) in [5.41, 5.74) is 3.39. The van der Waals surface area contributed by atoms with Crippen LogP contribution in [0.2, 0.25) is 0 Å². The van der Waals surface area contributed by atoms with Crippen LogP contribution in [0.25, 0.3) is 0 Å². The van der Waals surface area contributed by atoms with Crippen LogP contribution in [-0.4, -0.2) is 26.9 Å². The van der Waals surface area contributed by atoms with Gasteiger partial charge in [-0.15, -0.1) is 0 Å². The Labute approximate surface area is 121 Å². The third kappa shape index (κ3) is 3.20. The summed E-state index contributed by atoms with van der Waals surface area (Å²) in [6.07, 6.45) is 3.32. The summed E-state index contributed by atoms with van der Waals surface area (Å²) in [5, 5.41) is 11.2. The monoisotopic (exact) mass is 289 g/mol. The predicted molar refractivity (Wildman–Crippen MR) is 77.6 cm³/mol. The van der Waals surface area contributed by atoms with E-state index >= 15 is 0 Å². The molecule has 0 aliphatic rings. The molecule has 2 heterocycles. The minimum absolute atomic E-state index is 0.134. The highest BCUT2D eigenvalue weighted by molar-refractivity contribution is 5.62. The second-order valence-electron chi connectivity index (χ2n) is 4.42. The van der Waals surface area contributed by atoms with Crippen LogP contribution in [0.3, 0.4) is 0 Å². The number of nitrogens with two attached hydrogens (primary N) is 1. The van der Waals surface area contributed by atoms with Crippen LogP contribution in [-0.2, 0) is 6.54 Å². The summed E-state index contributed by atoms with van der Waals surface area (Å²) >= 11 is 0. The average Bonchev–Trinajstić information content (AvgIpc) is 2.46. The summed E-state index contributed by atoms with van der Waals surface area (Å²) in [6.45, 7) is 1.99. The molecule has 0 saturated carbocycles. The number of nitrogens with one attached hydrogen (secondary N) is 1. The molecule has 9 nitrogen and oxygen atoms in total. The number of hydrogen-bond acceptors (Lipinski definition) is 8. The standard InChI is InChI=1S/C12H15N7O2/c1-8-10(19(20)21)11(16-12(15-8)17-13)18(2)7-9-3-5-14-6-4-9/h3-6H,7,13H2,1-2H3,(H,15,16,17). The van der Waals surface area contributed by atoms with Crippen LogP contribution in [0.1, 0.15) is 11.3 Å². The van der Waals surface area contributed by atoms with Gasteiger partial charge in [-0.2, -0.15) is 4.98 Å². The average molecular weight is 289 g/mol. The molecule has 21 heavy (non-hydrogen) atoms. The van der Waals surface area contributed by atoms with Gasteiger partial charge in [-0.25, -0.2) is 10.8 Å². The summed E-state index contributed by atoms with van der Waals surface area (Å²) < 4.78 is 0. The van der Waals surface area contributed by atoms with Crippen molar-refractivity contribution in [1.29, 1.82) is 0 Å². The number of pyridine rings is 1. The number of hydrogen-bond donors (Lipinski definition) is 2. The molecule has 2 rings (SSSR count). The van der Waals surface area contributed by atoms with Crippen LogP contribution in [0, 0.1) is 17.0 Å². The molecule has 0 radical (unpaired) electrons. The highest BCUT2D eigenvalue weighted by Gasteiger charge is 2.24. The Morgan fingerprint density at radius 2 is 2.05 bits per heavy atom. The highest BCUT2D eigenvalue weighted by Crippen LogP contribution is 2.29. The van der Waals surface area contributed by atoms with Crippen LogP contribution in [0.5, 0.6) is 0 Å². The lowest BCUT2D eigenvalue weighted by atomic mass is 10.2. The van der Waals surface area contributed by atoms with E-state index in [-0.39, 0.29) is 23.1 Å². The first kappa shape index (κ1) is 14.6. The first-order valence-electron chi connectivity index (χ1n) is 6.12. The smallest absolute Gasteiger partial charge is 0.332 e. The minimum Gasteiger partial charge on any atom is -0.349 e. The molecule has 110 valence electrons. The molecular formula is C12H15N7O2. The Bertz CT molecular complexity index is 648. The van der Waals surface area contributed by atoms with Crippen molar-refractivity contribution < 1.29 is 4.92 Å². The van der Waals surface area contributed by atoms with Crippen molar-refractivity contribution in [2.45, 2.75) is 13.5 Å². The molecule has 0 atom stereocenters. The quantitative estimate of drug-likeness (QED) is 0.475. The van der Waals surface area contributed by atoms with Crippen LogP contribution < -0.4 is 16.2 Å². The van der Waals surface area contributed by atoms with E-state index in [0.717, 1.165) is 5.56 Å². The van der Waals surface area contributed by atoms with Gasteiger partial charge in [0.25, 0.3) is 0 Å². The third-order valence-electron chi connectivity index (χ3n) is 2.88. The summed E-state index contributed by atoms with van der Waals surface area (Å²) in [5.74, 6) is 5.63. The molecule has 0 fully saturated rings. The van der Waals surface area contributed by atoms with Crippen LogP contribution in [0.15, 0.2) is 24.5 Å². The first-order chi connectivity index (χ1) is 10.0. The number of nitrogens with zero attached hydrogens (tertiary/aromatic N) is 5. The van der Waals surface area contributed by atoms with Crippen molar-refractivity contribution in [3.8, 4) is 0 Å². The number of rotatable bonds is 5. The van der Waals surface area contributed by atoms with Gasteiger partial charge in [-0.3, -0.25) is 20.5 Å². The second kappa shape index (κ2) is 6.09. The molecule has 0 aliphatic carbocycles. The molecular weight excluding hydrogens is 274 g/mol. The van der Waals surface area contributed by atoms with E-state index in [1.165, 1.54) is 0 Å². The SMILES string of the molecule is Cc1nc(NN)nc(N(C)Cc2ccncc2)c1[N+](=O)[O-]. The van der Waals surface area contributed by atoms with E-state index in [1.807, 2.05) is 12.1 Å². The van der Waals surface area contributed by atoms with Crippen LogP contribution >= 0.6 is 0 Å². The Morgan fingerprint density at radius 3 is 2.62 bits per heavy atom. The maximum absolute atomic E-state index is 11.2. The summed E-state index contributed by atoms with van der Waals surface area (Å²) in [7, 11) is 1.72. The molecule has 0 amide bonds. The molecule has 0 aromatic carbocycles. The molecule has 0 bridgehead atoms. The van der Waals surface area contributed by atoms with Gasteiger partial charge < -0.3 is 4.90 Å². The zero-order valence-corrected chi connectivity index (χ0v) is 11.6. The Kier molecular flexibility index (Phi) is 4.24. The number of anilines is 2. The molecule has 0 saturated heterocycles. The molecule has 9 heteroatoms. The number of nitro groups is 1. The Balaban J connectivity index is 2.41. The lowest BCUT2D eigenvalue weighted by Gasteiger charge is -2.19. The Morgan fingerprint density at radius 1 is 1.38 bits per heavy atom. The van der Waals surface area contributed by atoms with Gasteiger partial charge in [0.1, 0.15) is 5.69 Å². The summed E-state index contributed by atoms with van der Waals surface area (Å²) in [6, 6.07) is 3.66. The fraction of sp³-hybridized carbons (Fsp3) is 0.250. The van der Waals surface area contributed by atoms with E-state index in [4.69, 9.17) is 5.84 Å².